The highest BCUT2D eigenvalue weighted by atomic mass is 79.9. The summed E-state index contributed by atoms with van der Waals surface area (Å²) >= 11 is 3.36. The minimum Gasteiger partial charge on any atom is -0.478 e. The van der Waals surface area contributed by atoms with E-state index in [4.69, 9.17) is 5.11 Å². The molecule has 0 spiro atoms. The number of aromatic carboxylic acids is 1. The van der Waals surface area contributed by atoms with E-state index in [2.05, 4.69) is 39.7 Å². The van der Waals surface area contributed by atoms with Crippen LogP contribution < -0.4 is 4.90 Å². The summed E-state index contributed by atoms with van der Waals surface area (Å²) in [5.74, 6) is -0.131. The highest BCUT2D eigenvalue weighted by Gasteiger charge is 2.35. The lowest BCUT2D eigenvalue weighted by molar-refractivity contribution is 0.0696. The van der Waals surface area contributed by atoms with Crippen LogP contribution in [0.2, 0.25) is 0 Å². The molecule has 0 aromatic carbocycles. The predicted octanol–water partition coefficient (Wildman–Crippen LogP) is 2.39. The Labute approximate surface area is 102 Å². The molecule has 5 heteroatoms. The highest BCUT2D eigenvalue weighted by molar-refractivity contribution is 9.10. The topological polar surface area (TPSA) is 53.4 Å². The lowest BCUT2D eigenvalue weighted by atomic mass is 9.84. The smallest absolute Gasteiger partial charge is 0.337 e. The Kier molecular flexibility index (Phi) is 2.66. The van der Waals surface area contributed by atoms with Crippen molar-refractivity contribution in [1.82, 2.24) is 4.98 Å². The summed E-state index contributed by atoms with van der Waals surface area (Å²) in [5, 5.41) is 8.82. The van der Waals surface area contributed by atoms with Gasteiger partial charge in [-0.2, -0.15) is 0 Å². The predicted molar refractivity (Wildman–Crippen MR) is 64.9 cm³/mol. The summed E-state index contributed by atoms with van der Waals surface area (Å²) in [4.78, 5) is 17.1. The number of nitrogens with zero attached hydrogens (tertiary/aromatic N) is 2. The molecule has 86 valence electrons. The van der Waals surface area contributed by atoms with Crippen molar-refractivity contribution in [3.05, 3.63) is 22.3 Å². The second-order valence-corrected chi connectivity index (χ2v) is 5.71. The van der Waals surface area contributed by atoms with Gasteiger partial charge in [-0.3, -0.25) is 0 Å². The van der Waals surface area contributed by atoms with Crippen LogP contribution in [0.4, 0.5) is 5.82 Å². The van der Waals surface area contributed by atoms with Crippen molar-refractivity contribution in [1.29, 1.82) is 0 Å². The summed E-state index contributed by atoms with van der Waals surface area (Å²) in [6, 6.07) is 1.59. The van der Waals surface area contributed by atoms with E-state index in [0.29, 0.717) is 5.41 Å². The highest BCUT2D eigenvalue weighted by Crippen LogP contribution is 2.36. The standard InChI is InChI=1S/C11H13BrN2O2/c1-11(2)5-14(6-11)9-8(12)3-7(4-13-9)10(15)16/h3-4H,5-6H2,1-2H3,(H,15,16). The van der Waals surface area contributed by atoms with Gasteiger partial charge in [-0.1, -0.05) is 13.8 Å². The van der Waals surface area contributed by atoms with E-state index in [9.17, 15) is 4.79 Å². The zero-order valence-corrected chi connectivity index (χ0v) is 10.8. The molecule has 0 radical (unpaired) electrons. The first-order valence-electron chi connectivity index (χ1n) is 5.03. The van der Waals surface area contributed by atoms with Crippen LogP contribution in [0.3, 0.4) is 0 Å². The van der Waals surface area contributed by atoms with Crippen LogP contribution in [0.25, 0.3) is 0 Å². The molecule has 0 amide bonds. The monoisotopic (exact) mass is 284 g/mol. The number of pyridine rings is 1. The minimum absolute atomic E-state index is 0.204. The lowest BCUT2D eigenvalue weighted by Crippen LogP contribution is -2.53. The van der Waals surface area contributed by atoms with E-state index in [1.807, 2.05) is 0 Å². The molecular formula is C11H13BrN2O2. The second kappa shape index (κ2) is 3.73. The zero-order valence-electron chi connectivity index (χ0n) is 9.20. The van der Waals surface area contributed by atoms with Crippen molar-refractivity contribution in [2.24, 2.45) is 5.41 Å². The average Bonchev–Trinajstić information content (AvgIpc) is 2.13. The van der Waals surface area contributed by atoms with E-state index >= 15 is 0 Å². The maximum Gasteiger partial charge on any atom is 0.337 e. The van der Waals surface area contributed by atoms with Gasteiger partial charge in [0.15, 0.2) is 0 Å². The summed E-state index contributed by atoms with van der Waals surface area (Å²) in [6.07, 6.45) is 1.40. The fourth-order valence-electron chi connectivity index (χ4n) is 1.92. The first kappa shape index (κ1) is 11.4. The van der Waals surface area contributed by atoms with Crippen molar-refractivity contribution < 1.29 is 9.90 Å². The molecule has 1 aliphatic rings. The van der Waals surface area contributed by atoms with Gasteiger partial charge in [0.2, 0.25) is 0 Å². The van der Waals surface area contributed by atoms with E-state index in [-0.39, 0.29) is 5.56 Å². The number of halogens is 1. The molecule has 1 fully saturated rings. The summed E-state index contributed by atoms with van der Waals surface area (Å²) in [6.45, 7) is 6.29. The van der Waals surface area contributed by atoms with E-state index in [0.717, 1.165) is 23.4 Å². The quantitative estimate of drug-likeness (QED) is 0.906. The second-order valence-electron chi connectivity index (χ2n) is 4.85. The third kappa shape index (κ3) is 2.04. The molecule has 4 nitrogen and oxygen atoms in total. The van der Waals surface area contributed by atoms with Crippen LogP contribution >= 0.6 is 15.9 Å². The SMILES string of the molecule is CC1(C)CN(c2ncc(C(=O)O)cc2Br)C1. The summed E-state index contributed by atoms with van der Waals surface area (Å²) in [7, 11) is 0. The number of hydrogen-bond donors (Lipinski definition) is 1. The van der Waals surface area contributed by atoms with Gasteiger partial charge in [0, 0.05) is 19.3 Å². The summed E-state index contributed by atoms with van der Waals surface area (Å²) < 4.78 is 0.739. The van der Waals surface area contributed by atoms with Crippen LogP contribution in [0.15, 0.2) is 16.7 Å². The molecule has 1 aromatic rings. The Hall–Kier alpha value is -1.10. The Balaban J connectivity index is 2.21. The third-order valence-corrected chi connectivity index (χ3v) is 3.19. The Morgan fingerprint density at radius 3 is 2.62 bits per heavy atom. The molecule has 0 saturated carbocycles. The van der Waals surface area contributed by atoms with Crippen molar-refractivity contribution in [3.63, 3.8) is 0 Å². The van der Waals surface area contributed by atoms with Crippen LogP contribution in [-0.2, 0) is 0 Å². The van der Waals surface area contributed by atoms with Crippen molar-refractivity contribution in [3.8, 4) is 0 Å². The van der Waals surface area contributed by atoms with Crippen LogP contribution in [-0.4, -0.2) is 29.1 Å². The van der Waals surface area contributed by atoms with Gasteiger partial charge in [-0.25, -0.2) is 9.78 Å². The first-order chi connectivity index (χ1) is 7.39. The number of hydrogen-bond acceptors (Lipinski definition) is 3. The van der Waals surface area contributed by atoms with Crippen molar-refractivity contribution >= 4 is 27.7 Å². The molecular weight excluding hydrogens is 272 g/mol. The Morgan fingerprint density at radius 1 is 1.56 bits per heavy atom. The van der Waals surface area contributed by atoms with E-state index in [1.165, 1.54) is 6.20 Å². The molecule has 0 bridgehead atoms. The minimum atomic E-state index is -0.955. The molecule has 0 aliphatic carbocycles. The lowest BCUT2D eigenvalue weighted by Gasteiger charge is -2.46. The van der Waals surface area contributed by atoms with Crippen LogP contribution in [0, 0.1) is 5.41 Å². The van der Waals surface area contributed by atoms with Gasteiger partial charge < -0.3 is 10.0 Å². The average molecular weight is 285 g/mol. The normalized spacial score (nSPS) is 18.1. The number of aromatic nitrogens is 1. The number of anilines is 1. The van der Waals surface area contributed by atoms with Gasteiger partial charge >= 0.3 is 5.97 Å². The molecule has 16 heavy (non-hydrogen) atoms. The Bertz CT molecular complexity index is 438. The van der Waals surface area contributed by atoms with Crippen molar-refractivity contribution in [2.45, 2.75) is 13.8 Å². The van der Waals surface area contributed by atoms with Gasteiger partial charge in [0.25, 0.3) is 0 Å². The molecule has 0 atom stereocenters. The molecule has 2 heterocycles. The molecule has 0 unspecified atom stereocenters. The van der Waals surface area contributed by atoms with Gasteiger partial charge in [-0.05, 0) is 27.4 Å². The van der Waals surface area contributed by atoms with Gasteiger partial charge in [-0.15, -0.1) is 0 Å². The third-order valence-electron chi connectivity index (χ3n) is 2.61. The number of carboxylic acid groups (broad SMARTS) is 1. The van der Waals surface area contributed by atoms with Crippen molar-refractivity contribution in [2.75, 3.05) is 18.0 Å². The maximum atomic E-state index is 10.7. The number of carboxylic acids is 1. The fourth-order valence-corrected chi connectivity index (χ4v) is 2.52. The zero-order chi connectivity index (χ0) is 11.9. The molecule has 1 N–H and O–H groups in total. The van der Waals surface area contributed by atoms with Gasteiger partial charge in [0.1, 0.15) is 5.82 Å². The molecule has 2 rings (SSSR count). The summed E-state index contributed by atoms with van der Waals surface area (Å²) in [5.41, 5.74) is 0.530. The molecule has 1 aromatic heterocycles. The maximum absolute atomic E-state index is 10.7. The first-order valence-corrected chi connectivity index (χ1v) is 5.82. The molecule has 1 aliphatic heterocycles. The van der Waals surface area contributed by atoms with Crippen LogP contribution in [0.5, 0.6) is 0 Å². The largest absolute Gasteiger partial charge is 0.478 e. The molecule has 1 saturated heterocycles. The Morgan fingerprint density at radius 2 is 2.19 bits per heavy atom. The van der Waals surface area contributed by atoms with Gasteiger partial charge in [0.05, 0.1) is 10.0 Å². The van der Waals surface area contributed by atoms with E-state index < -0.39 is 5.97 Å². The number of carbonyl (C=O) groups is 1. The fraction of sp³-hybridized carbons (Fsp3) is 0.455. The van der Waals surface area contributed by atoms with Crippen LogP contribution in [0.1, 0.15) is 24.2 Å². The number of rotatable bonds is 2. The van der Waals surface area contributed by atoms with E-state index in [1.54, 1.807) is 6.07 Å².